The standard InChI is InChI=1S/C13H18N2O/c14-7-8-2-1-3-12(8)15-13(16)11-5-9-4-10(9)6-11/h8-12H,1-6H2,(H,15,16). The molecule has 0 heterocycles. The van der Waals surface area contributed by atoms with Gasteiger partial charge in [-0.05, 0) is 50.4 Å². The van der Waals surface area contributed by atoms with E-state index in [0.29, 0.717) is 0 Å². The molecule has 4 unspecified atom stereocenters. The molecule has 3 aliphatic rings. The highest BCUT2D eigenvalue weighted by molar-refractivity contribution is 5.79. The number of hydrogen-bond acceptors (Lipinski definition) is 2. The number of carbonyl (C=O) groups is 1. The van der Waals surface area contributed by atoms with Crippen molar-refractivity contribution in [1.29, 1.82) is 5.26 Å². The number of fused-ring (bicyclic) bond motifs is 1. The SMILES string of the molecule is N#CC1CCCC1NC(=O)C1CC2CC2C1. The summed E-state index contributed by atoms with van der Waals surface area (Å²) in [5.74, 6) is 2.24. The van der Waals surface area contributed by atoms with Crippen LogP contribution in [0.1, 0.15) is 38.5 Å². The van der Waals surface area contributed by atoms with Crippen LogP contribution < -0.4 is 5.32 Å². The van der Waals surface area contributed by atoms with Gasteiger partial charge in [0, 0.05) is 12.0 Å². The number of carbonyl (C=O) groups excluding carboxylic acids is 1. The quantitative estimate of drug-likeness (QED) is 0.769. The van der Waals surface area contributed by atoms with E-state index >= 15 is 0 Å². The molecular weight excluding hydrogens is 200 g/mol. The molecular formula is C13H18N2O. The van der Waals surface area contributed by atoms with Crippen molar-refractivity contribution >= 4 is 5.91 Å². The van der Waals surface area contributed by atoms with Gasteiger partial charge in [-0.3, -0.25) is 4.79 Å². The van der Waals surface area contributed by atoms with Crippen LogP contribution in [0.15, 0.2) is 0 Å². The fraction of sp³-hybridized carbons (Fsp3) is 0.846. The third-order valence-corrected chi connectivity index (χ3v) is 4.62. The van der Waals surface area contributed by atoms with Crippen molar-refractivity contribution in [3.05, 3.63) is 0 Å². The summed E-state index contributed by atoms with van der Waals surface area (Å²) < 4.78 is 0. The maximum absolute atomic E-state index is 12.0. The molecule has 0 saturated heterocycles. The molecule has 0 aromatic heterocycles. The first-order valence-electron chi connectivity index (χ1n) is 6.48. The topological polar surface area (TPSA) is 52.9 Å². The largest absolute Gasteiger partial charge is 0.352 e. The highest BCUT2D eigenvalue weighted by Gasteiger charge is 2.48. The summed E-state index contributed by atoms with van der Waals surface area (Å²) in [6.07, 6.45) is 6.58. The van der Waals surface area contributed by atoms with E-state index in [-0.39, 0.29) is 23.8 Å². The van der Waals surface area contributed by atoms with Crippen LogP contribution in [0.5, 0.6) is 0 Å². The Labute approximate surface area is 96.2 Å². The van der Waals surface area contributed by atoms with Gasteiger partial charge in [-0.25, -0.2) is 0 Å². The van der Waals surface area contributed by atoms with Crippen LogP contribution in [0.2, 0.25) is 0 Å². The molecule has 0 spiro atoms. The molecule has 3 fully saturated rings. The molecule has 16 heavy (non-hydrogen) atoms. The first kappa shape index (κ1) is 10.1. The first-order valence-corrected chi connectivity index (χ1v) is 6.48. The van der Waals surface area contributed by atoms with Crippen molar-refractivity contribution < 1.29 is 4.79 Å². The lowest BCUT2D eigenvalue weighted by Gasteiger charge is -2.19. The van der Waals surface area contributed by atoms with E-state index in [4.69, 9.17) is 5.26 Å². The van der Waals surface area contributed by atoms with Gasteiger partial charge >= 0.3 is 0 Å². The second-order valence-corrected chi connectivity index (χ2v) is 5.71. The summed E-state index contributed by atoms with van der Waals surface area (Å²) in [7, 11) is 0. The van der Waals surface area contributed by atoms with Gasteiger partial charge in [0.25, 0.3) is 0 Å². The van der Waals surface area contributed by atoms with E-state index in [0.717, 1.165) is 43.9 Å². The van der Waals surface area contributed by atoms with Crippen LogP contribution in [0.3, 0.4) is 0 Å². The predicted molar refractivity (Wildman–Crippen MR) is 59.2 cm³/mol. The van der Waals surface area contributed by atoms with Gasteiger partial charge in [-0.2, -0.15) is 5.26 Å². The van der Waals surface area contributed by atoms with Crippen LogP contribution in [-0.2, 0) is 4.79 Å². The summed E-state index contributed by atoms with van der Waals surface area (Å²) in [6, 6.07) is 2.45. The molecule has 1 amide bonds. The lowest BCUT2D eigenvalue weighted by atomic mass is 10.0. The third kappa shape index (κ3) is 1.71. The van der Waals surface area contributed by atoms with Gasteiger partial charge in [-0.1, -0.05) is 0 Å². The highest BCUT2D eigenvalue weighted by atomic mass is 16.2. The van der Waals surface area contributed by atoms with Crippen molar-refractivity contribution in [2.75, 3.05) is 0 Å². The Morgan fingerprint density at radius 3 is 2.62 bits per heavy atom. The molecule has 3 nitrogen and oxygen atoms in total. The Hall–Kier alpha value is -1.04. The zero-order chi connectivity index (χ0) is 11.1. The Balaban J connectivity index is 1.54. The van der Waals surface area contributed by atoms with E-state index in [1.165, 1.54) is 6.42 Å². The number of nitriles is 1. The van der Waals surface area contributed by atoms with Gasteiger partial charge in [0.1, 0.15) is 0 Å². The summed E-state index contributed by atoms with van der Waals surface area (Å²) in [5.41, 5.74) is 0. The zero-order valence-electron chi connectivity index (χ0n) is 9.48. The number of nitrogens with zero attached hydrogens (tertiary/aromatic N) is 1. The minimum Gasteiger partial charge on any atom is -0.352 e. The average molecular weight is 218 g/mol. The first-order chi connectivity index (χ1) is 7.78. The second kappa shape index (κ2) is 3.76. The smallest absolute Gasteiger partial charge is 0.223 e. The van der Waals surface area contributed by atoms with Gasteiger partial charge in [-0.15, -0.1) is 0 Å². The minimum absolute atomic E-state index is 0.0555. The maximum Gasteiger partial charge on any atom is 0.223 e. The highest BCUT2D eigenvalue weighted by Crippen LogP contribution is 2.54. The Morgan fingerprint density at radius 1 is 1.19 bits per heavy atom. The number of nitrogens with one attached hydrogen (secondary N) is 1. The minimum atomic E-state index is 0.0555. The number of amides is 1. The number of rotatable bonds is 2. The van der Waals surface area contributed by atoms with Crippen molar-refractivity contribution in [1.82, 2.24) is 5.32 Å². The normalized spacial score (nSPS) is 44.8. The lowest BCUT2D eigenvalue weighted by molar-refractivity contribution is -0.126. The zero-order valence-corrected chi connectivity index (χ0v) is 9.48. The number of hydrogen-bond donors (Lipinski definition) is 1. The Kier molecular flexibility index (Phi) is 2.38. The van der Waals surface area contributed by atoms with Crippen LogP contribution >= 0.6 is 0 Å². The third-order valence-electron chi connectivity index (χ3n) is 4.62. The van der Waals surface area contributed by atoms with Crippen molar-refractivity contribution in [3.8, 4) is 6.07 Å². The summed E-state index contributed by atoms with van der Waals surface area (Å²) in [4.78, 5) is 12.0. The van der Waals surface area contributed by atoms with Crippen molar-refractivity contribution in [2.45, 2.75) is 44.6 Å². The van der Waals surface area contributed by atoms with E-state index in [9.17, 15) is 4.79 Å². The van der Waals surface area contributed by atoms with Crippen LogP contribution in [0, 0.1) is 35.0 Å². The lowest BCUT2D eigenvalue weighted by Crippen LogP contribution is -2.40. The molecule has 0 radical (unpaired) electrons. The van der Waals surface area contributed by atoms with Gasteiger partial charge in [0.2, 0.25) is 5.91 Å². The van der Waals surface area contributed by atoms with Crippen molar-refractivity contribution in [2.24, 2.45) is 23.7 Å². The van der Waals surface area contributed by atoms with Crippen LogP contribution in [0.25, 0.3) is 0 Å². The van der Waals surface area contributed by atoms with E-state index in [1.54, 1.807) is 0 Å². The van der Waals surface area contributed by atoms with Crippen molar-refractivity contribution in [3.63, 3.8) is 0 Å². The van der Waals surface area contributed by atoms with E-state index in [2.05, 4.69) is 11.4 Å². The molecule has 0 bridgehead atoms. The molecule has 4 atom stereocenters. The van der Waals surface area contributed by atoms with Gasteiger partial charge < -0.3 is 5.32 Å². The fourth-order valence-electron chi connectivity index (χ4n) is 3.52. The summed E-state index contributed by atoms with van der Waals surface area (Å²) in [5, 5.41) is 12.1. The van der Waals surface area contributed by atoms with E-state index in [1.807, 2.05) is 0 Å². The second-order valence-electron chi connectivity index (χ2n) is 5.71. The molecule has 0 aromatic carbocycles. The Morgan fingerprint density at radius 2 is 1.94 bits per heavy atom. The molecule has 3 aliphatic carbocycles. The summed E-state index contributed by atoms with van der Waals surface area (Å²) >= 11 is 0. The van der Waals surface area contributed by atoms with Crippen LogP contribution in [0.4, 0.5) is 0 Å². The Bertz CT molecular complexity index is 336. The fourth-order valence-corrected chi connectivity index (χ4v) is 3.52. The molecule has 3 heteroatoms. The van der Waals surface area contributed by atoms with Gasteiger partial charge in [0.15, 0.2) is 0 Å². The predicted octanol–water partition coefficient (Wildman–Crippen LogP) is 1.84. The molecule has 3 saturated carbocycles. The molecule has 3 rings (SSSR count). The molecule has 86 valence electrons. The van der Waals surface area contributed by atoms with Crippen LogP contribution in [-0.4, -0.2) is 11.9 Å². The van der Waals surface area contributed by atoms with E-state index < -0.39 is 0 Å². The molecule has 0 aliphatic heterocycles. The maximum atomic E-state index is 12.0. The van der Waals surface area contributed by atoms with Gasteiger partial charge in [0.05, 0.1) is 12.0 Å². The molecule has 0 aromatic rings. The summed E-state index contributed by atoms with van der Waals surface area (Å²) in [6.45, 7) is 0. The monoisotopic (exact) mass is 218 g/mol. The average Bonchev–Trinajstić information content (AvgIpc) is 2.75. The molecule has 1 N–H and O–H groups in total.